The van der Waals surface area contributed by atoms with Crippen molar-refractivity contribution in [2.45, 2.75) is 19.8 Å². The van der Waals surface area contributed by atoms with Gasteiger partial charge in [-0.3, -0.25) is 0 Å². The van der Waals surface area contributed by atoms with Crippen molar-refractivity contribution in [3.05, 3.63) is 29.3 Å². The lowest BCUT2D eigenvalue weighted by Gasteiger charge is -2.14. The van der Waals surface area contributed by atoms with Gasteiger partial charge in [-0.25, -0.2) is 4.79 Å². The summed E-state index contributed by atoms with van der Waals surface area (Å²) in [6, 6.07) is 4.96. The van der Waals surface area contributed by atoms with Crippen molar-refractivity contribution in [1.29, 1.82) is 0 Å². The van der Waals surface area contributed by atoms with Gasteiger partial charge in [0.2, 0.25) is 0 Å². The number of benzene rings is 1. The van der Waals surface area contributed by atoms with E-state index in [1.807, 2.05) is 13.8 Å². The van der Waals surface area contributed by atoms with Gasteiger partial charge in [0.25, 0.3) is 0 Å². The third kappa shape index (κ3) is 3.75. The Morgan fingerprint density at radius 3 is 2.59 bits per heavy atom. The van der Waals surface area contributed by atoms with Crippen LogP contribution in [0.25, 0.3) is 0 Å². The molecule has 0 spiro atoms. The number of hydrogen-bond acceptors (Lipinski definition) is 3. The van der Waals surface area contributed by atoms with E-state index in [9.17, 15) is 4.79 Å². The number of carbonyl (C=O) groups is 1. The minimum atomic E-state index is -0.947. The highest BCUT2D eigenvalue weighted by Crippen LogP contribution is 2.27. The molecular formula is C13H18O4. The largest absolute Gasteiger partial charge is 0.491 e. The van der Waals surface area contributed by atoms with Gasteiger partial charge in [0, 0.05) is 7.11 Å². The summed E-state index contributed by atoms with van der Waals surface area (Å²) in [7, 11) is 1.60. The molecule has 0 heterocycles. The number of ether oxygens (including phenoxy) is 2. The van der Waals surface area contributed by atoms with E-state index >= 15 is 0 Å². The van der Waals surface area contributed by atoms with Crippen LogP contribution in [-0.2, 0) is 4.74 Å². The van der Waals surface area contributed by atoms with Crippen molar-refractivity contribution in [2.24, 2.45) is 0 Å². The molecule has 1 aromatic carbocycles. The predicted molar refractivity (Wildman–Crippen MR) is 64.9 cm³/mol. The fourth-order valence-electron chi connectivity index (χ4n) is 1.50. The Morgan fingerprint density at radius 1 is 1.35 bits per heavy atom. The van der Waals surface area contributed by atoms with Gasteiger partial charge in [-0.1, -0.05) is 19.9 Å². The molecule has 0 fully saturated rings. The van der Waals surface area contributed by atoms with Crippen LogP contribution in [0.2, 0.25) is 0 Å². The summed E-state index contributed by atoms with van der Waals surface area (Å²) in [5.74, 6) is -0.0377. The number of carboxylic acid groups (broad SMARTS) is 1. The van der Waals surface area contributed by atoms with Crippen LogP contribution in [-0.4, -0.2) is 31.4 Å². The molecule has 0 aliphatic heterocycles. The summed E-state index contributed by atoms with van der Waals surface area (Å²) in [5, 5.41) is 8.93. The van der Waals surface area contributed by atoms with Crippen molar-refractivity contribution in [2.75, 3.05) is 20.3 Å². The smallest absolute Gasteiger partial charge is 0.335 e. The minimum absolute atomic E-state index is 0.238. The van der Waals surface area contributed by atoms with Crippen LogP contribution in [0.15, 0.2) is 18.2 Å². The molecule has 0 unspecified atom stereocenters. The van der Waals surface area contributed by atoms with Gasteiger partial charge in [0.1, 0.15) is 12.4 Å². The van der Waals surface area contributed by atoms with Gasteiger partial charge in [-0.2, -0.15) is 0 Å². The maximum absolute atomic E-state index is 10.9. The first kappa shape index (κ1) is 13.5. The molecule has 0 amide bonds. The monoisotopic (exact) mass is 238 g/mol. The fraction of sp³-hybridized carbons (Fsp3) is 0.462. The van der Waals surface area contributed by atoms with Crippen molar-refractivity contribution in [3.63, 3.8) is 0 Å². The van der Waals surface area contributed by atoms with Crippen LogP contribution in [0.4, 0.5) is 0 Å². The maximum atomic E-state index is 10.9. The molecule has 4 nitrogen and oxygen atoms in total. The summed E-state index contributed by atoms with van der Waals surface area (Å²) in [6.07, 6.45) is 0. The van der Waals surface area contributed by atoms with E-state index in [0.717, 1.165) is 5.56 Å². The zero-order valence-corrected chi connectivity index (χ0v) is 10.4. The van der Waals surface area contributed by atoms with E-state index in [1.54, 1.807) is 25.3 Å². The molecule has 0 aromatic heterocycles. The molecule has 0 atom stereocenters. The Kier molecular flexibility index (Phi) is 4.97. The molecule has 0 saturated carbocycles. The van der Waals surface area contributed by atoms with Crippen molar-refractivity contribution in [3.8, 4) is 5.75 Å². The lowest BCUT2D eigenvalue weighted by atomic mass is 10.0. The lowest BCUT2D eigenvalue weighted by Crippen LogP contribution is -2.08. The van der Waals surface area contributed by atoms with Gasteiger partial charge >= 0.3 is 5.97 Å². The minimum Gasteiger partial charge on any atom is -0.491 e. The van der Waals surface area contributed by atoms with Crippen molar-refractivity contribution < 1.29 is 19.4 Å². The zero-order chi connectivity index (χ0) is 12.8. The van der Waals surface area contributed by atoms with E-state index in [0.29, 0.717) is 19.0 Å². The molecule has 94 valence electrons. The Morgan fingerprint density at radius 2 is 2.06 bits per heavy atom. The second-order valence-corrected chi connectivity index (χ2v) is 4.05. The highest BCUT2D eigenvalue weighted by molar-refractivity contribution is 5.88. The SMILES string of the molecule is COCCOc1cc(C(=O)O)ccc1C(C)C. The van der Waals surface area contributed by atoms with E-state index in [2.05, 4.69) is 0 Å². The Bertz CT molecular complexity index is 385. The van der Waals surface area contributed by atoms with Gasteiger partial charge in [0.15, 0.2) is 0 Å². The van der Waals surface area contributed by atoms with Gasteiger partial charge in [-0.15, -0.1) is 0 Å². The summed E-state index contributed by atoms with van der Waals surface area (Å²) in [6.45, 7) is 4.98. The van der Waals surface area contributed by atoms with Gasteiger partial charge in [0.05, 0.1) is 12.2 Å². The molecule has 0 aliphatic carbocycles. The molecule has 0 bridgehead atoms. The number of methoxy groups -OCH3 is 1. The molecular weight excluding hydrogens is 220 g/mol. The summed E-state index contributed by atoms with van der Waals surface area (Å²) in [4.78, 5) is 10.9. The molecule has 0 aliphatic rings. The number of hydrogen-bond donors (Lipinski definition) is 1. The summed E-state index contributed by atoms with van der Waals surface area (Å²) < 4.78 is 10.4. The maximum Gasteiger partial charge on any atom is 0.335 e. The average Bonchev–Trinajstić information content (AvgIpc) is 2.28. The Labute approximate surface area is 101 Å². The number of rotatable bonds is 6. The Balaban J connectivity index is 2.94. The molecule has 4 heteroatoms. The number of aromatic carboxylic acids is 1. The number of carboxylic acids is 1. The van der Waals surface area contributed by atoms with Crippen LogP contribution in [0, 0.1) is 0 Å². The second-order valence-electron chi connectivity index (χ2n) is 4.05. The van der Waals surface area contributed by atoms with Gasteiger partial charge < -0.3 is 14.6 Å². The molecule has 0 radical (unpaired) electrons. The van der Waals surface area contributed by atoms with Crippen LogP contribution in [0.3, 0.4) is 0 Å². The van der Waals surface area contributed by atoms with Crippen molar-refractivity contribution in [1.82, 2.24) is 0 Å². The van der Waals surface area contributed by atoms with E-state index in [-0.39, 0.29) is 11.5 Å². The first-order valence-corrected chi connectivity index (χ1v) is 5.55. The highest BCUT2D eigenvalue weighted by atomic mass is 16.5. The molecule has 1 rings (SSSR count). The van der Waals surface area contributed by atoms with E-state index in [1.165, 1.54) is 0 Å². The Hall–Kier alpha value is -1.55. The van der Waals surface area contributed by atoms with E-state index in [4.69, 9.17) is 14.6 Å². The van der Waals surface area contributed by atoms with Crippen LogP contribution >= 0.6 is 0 Å². The average molecular weight is 238 g/mol. The molecule has 1 N–H and O–H groups in total. The van der Waals surface area contributed by atoms with Gasteiger partial charge in [-0.05, 0) is 23.6 Å². The highest BCUT2D eigenvalue weighted by Gasteiger charge is 2.11. The first-order valence-electron chi connectivity index (χ1n) is 5.55. The van der Waals surface area contributed by atoms with Crippen molar-refractivity contribution >= 4 is 5.97 Å². The van der Waals surface area contributed by atoms with E-state index < -0.39 is 5.97 Å². The normalized spacial score (nSPS) is 10.6. The topological polar surface area (TPSA) is 55.8 Å². The summed E-state index contributed by atoms with van der Waals surface area (Å²) in [5.41, 5.74) is 1.24. The predicted octanol–water partition coefficient (Wildman–Crippen LogP) is 2.53. The second kappa shape index (κ2) is 6.25. The first-order chi connectivity index (χ1) is 8.06. The third-order valence-corrected chi connectivity index (χ3v) is 2.43. The molecule has 1 aromatic rings. The third-order valence-electron chi connectivity index (χ3n) is 2.43. The lowest BCUT2D eigenvalue weighted by molar-refractivity contribution is 0.0696. The van der Waals surface area contributed by atoms with Crippen LogP contribution in [0.5, 0.6) is 5.75 Å². The zero-order valence-electron chi connectivity index (χ0n) is 10.4. The quantitative estimate of drug-likeness (QED) is 0.774. The fourth-order valence-corrected chi connectivity index (χ4v) is 1.50. The molecule has 0 saturated heterocycles. The van der Waals surface area contributed by atoms with Crippen LogP contribution < -0.4 is 4.74 Å². The standard InChI is InChI=1S/C13H18O4/c1-9(2)11-5-4-10(13(14)15)8-12(11)17-7-6-16-3/h4-5,8-9H,6-7H2,1-3H3,(H,14,15). The molecule has 17 heavy (non-hydrogen) atoms. The van der Waals surface area contributed by atoms with Crippen LogP contribution in [0.1, 0.15) is 35.7 Å². The summed E-state index contributed by atoms with van der Waals surface area (Å²) >= 11 is 0.